The molecule has 0 unspecified atom stereocenters. The lowest BCUT2D eigenvalue weighted by Gasteiger charge is -2.04. The number of hydrogen-bond acceptors (Lipinski definition) is 2. The Kier molecular flexibility index (Phi) is 3.77. The van der Waals surface area contributed by atoms with Crippen molar-refractivity contribution in [2.45, 2.75) is 10.4 Å². The van der Waals surface area contributed by atoms with Gasteiger partial charge >= 0.3 is 5.51 Å². The van der Waals surface area contributed by atoms with Crippen LogP contribution in [0.2, 0.25) is 0 Å². The number of alkyl halides is 3. The van der Waals surface area contributed by atoms with Gasteiger partial charge in [-0.3, -0.25) is 0 Å². The van der Waals surface area contributed by atoms with Crippen LogP contribution in [0.5, 0.6) is 0 Å². The quantitative estimate of drug-likeness (QED) is 0.581. The van der Waals surface area contributed by atoms with Crippen molar-refractivity contribution in [1.29, 1.82) is 0 Å². The van der Waals surface area contributed by atoms with E-state index in [2.05, 4.69) is 5.37 Å². The molecule has 0 amide bonds. The van der Waals surface area contributed by atoms with Crippen molar-refractivity contribution in [2.75, 3.05) is 0 Å². The van der Waals surface area contributed by atoms with E-state index in [0.717, 1.165) is 0 Å². The number of hydrogen-bond donors (Lipinski definition) is 0. The topological polar surface area (TPSA) is 17.1 Å². The highest BCUT2D eigenvalue weighted by Gasteiger charge is 2.29. The van der Waals surface area contributed by atoms with Gasteiger partial charge in [0.25, 0.3) is 0 Å². The Labute approximate surface area is 86.4 Å². The highest BCUT2D eigenvalue weighted by atomic mass is 32.2. The van der Waals surface area contributed by atoms with E-state index in [0.29, 0.717) is 5.56 Å². The molecular weight excluding hydrogens is 233 g/mol. The molecule has 0 heterocycles. The van der Waals surface area contributed by atoms with Crippen molar-refractivity contribution in [1.82, 2.24) is 0 Å². The maximum atomic E-state index is 11.9. The van der Waals surface area contributed by atoms with E-state index in [-0.39, 0.29) is 27.9 Å². The van der Waals surface area contributed by atoms with Gasteiger partial charge in [0, 0.05) is 4.90 Å². The molecule has 0 spiro atoms. The Morgan fingerprint density at radius 2 is 2.00 bits per heavy atom. The Bertz CT molecular complexity index is 369. The molecule has 75 valence electrons. The van der Waals surface area contributed by atoms with Crippen LogP contribution in [0.4, 0.5) is 13.2 Å². The Hall–Kier alpha value is -0.750. The highest BCUT2D eigenvalue weighted by Crippen LogP contribution is 2.36. The third-order valence-corrected chi connectivity index (χ3v) is 2.27. The highest BCUT2D eigenvalue weighted by molar-refractivity contribution is 8.00. The zero-order valence-electron chi connectivity index (χ0n) is 6.67. The molecule has 1 radical (unpaired) electrons. The lowest BCUT2D eigenvalue weighted by atomic mass is 10.2. The average molecular weight is 237 g/mol. The van der Waals surface area contributed by atoms with E-state index >= 15 is 0 Å². The van der Waals surface area contributed by atoms with Gasteiger partial charge in [0.1, 0.15) is 0 Å². The first-order chi connectivity index (χ1) is 6.51. The molecule has 0 saturated heterocycles. The van der Waals surface area contributed by atoms with Crippen LogP contribution in [0, 0.1) is 0 Å². The van der Waals surface area contributed by atoms with Gasteiger partial charge in [0.2, 0.25) is 0 Å². The van der Waals surface area contributed by atoms with Crippen LogP contribution >= 0.6 is 11.8 Å². The SMILES string of the molecule is O=S=[C]c1cccc(SC(F)(F)F)c1. The van der Waals surface area contributed by atoms with Crippen molar-refractivity contribution >= 4 is 28.4 Å². The second-order valence-corrected chi connectivity index (χ2v) is 3.77. The molecule has 0 aromatic heterocycles. The van der Waals surface area contributed by atoms with Crippen LogP contribution in [-0.2, 0) is 11.3 Å². The summed E-state index contributed by atoms with van der Waals surface area (Å²) in [5.41, 5.74) is -3.94. The predicted octanol–water partition coefficient (Wildman–Crippen LogP) is 2.54. The van der Waals surface area contributed by atoms with Crippen LogP contribution in [0.3, 0.4) is 0 Å². The zero-order chi connectivity index (χ0) is 10.6. The molecular formula is C8H4F3OS2. The monoisotopic (exact) mass is 237 g/mol. The second-order valence-electron chi connectivity index (χ2n) is 2.26. The fourth-order valence-electron chi connectivity index (χ4n) is 0.805. The maximum Gasteiger partial charge on any atom is 0.446 e. The van der Waals surface area contributed by atoms with E-state index in [9.17, 15) is 17.4 Å². The van der Waals surface area contributed by atoms with E-state index in [1.165, 1.54) is 24.3 Å². The van der Waals surface area contributed by atoms with Crippen molar-refractivity contribution in [3.8, 4) is 0 Å². The predicted molar refractivity (Wildman–Crippen MR) is 50.6 cm³/mol. The van der Waals surface area contributed by atoms with Gasteiger partial charge in [-0.25, -0.2) is 4.21 Å². The molecule has 1 aromatic rings. The Balaban J connectivity index is 2.89. The average Bonchev–Trinajstić information content (AvgIpc) is 2.02. The summed E-state index contributed by atoms with van der Waals surface area (Å²) < 4.78 is 45.9. The summed E-state index contributed by atoms with van der Waals surface area (Å²) in [5.74, 6) is 0. The molecule has 0 aliphatic carbocycles. The van der Waals surface area contributed by atoms with E-state index in [1.54, 1.807) is 0 Å². The summed E-state index contributed by atoms with van der Waals surface area (Å²) >= 11 is -0.120. The van der Waals surface area contributed by atoms with Crippen molar-refractivity contribution < 1.29 is 17.4 Å². The first kappa shape index (κ1) is 11.3. The van der Waals surface area contributed by atoms with Crippen molar-refractivity contribution in [2.24, 2.45) is 0 Å². The molecule has 0 aliphatic heterocycles. The van der Waals surface area contributed by atoms with Crippen LogP contribution in [0.1, 0.15) is 5.56 Å². The maximum absolute atomic E-state index is 11.9. The second kappa shape index (κ2) is 4.65. The fourth-order valence-corrected chi connectivity index (χ4v) is 1.63. The summed E-state index contributed by atoms with van der Waals surface area (Å²) in [4.78, 5) is 0.0524. The van der Waals surface area contributed by atoms with Gasteiger partial charge in [-0.2, -0.15) is 13.2 Å². The minimum Gasteiger partial charge on any atom is -0.212 e. The Morgan fingerprint density at radius 1 is 1.29 bits per heavy atom. The van der Waals surface area contributed by atoms with Gasteiger partial charge < -0.3 is 0 Å². The number of benzene rings is 1. The molecule has 1 nitrogen and oxygen atoms in total. The smallest absolute Gasteiger partial charge is 0.212 e. The molecule has 1 rings (SSSR count). The summed E-state index contributed by atoms with van der Waals surface area (Å²) in [7, 11) is 0. The number of halogens is 3. The molecule has 0 saturated carbocycles. The van der Waals surface area contributed by atoms with Gasteiger partial charge in [-0.15, -0.1) is 0 Å². The molecule has 0 N–H and O–H groups in total. The third kappa shape index (κ3) is 3.97. The standard InChI is InChI=1S/C8H4F3OS2/c9-8(10,11)14-7-3-1-2-6(4-7)5-13-12/h1-4H. The van der Waals surface area contributed by atoms with Gasteiger partial charge in [-0.1, -0.05) is 12.1 Å². The van der Waals surface area contributed by atoms with E-state index in [1.807, 2.05) is 0 Å². The van der Waals surface area contributed by atoms with E-state index < -0.39 is 5.51 Å². The fraction of sp³-hybridized carbons (Fsp3) is 0.125. The van der Waals surface area contributed by atoms with Crippen LogP contribution in [0.25, 0.3) is 0 Å². The summed E-state index contributed by atoms with van der Waals surface area (Å²) in [5, 5.41) is 2.31. The van der Waals surface area contributed by atoms with Crippen molar-refractivity contribution in [3.63, 3.8) is 0 Å². The molecule has 1 aromatic carbocycles. The first-order valence-electron chi connectivity index (χ1n) is 3.42. The number of thioether (sulfide) groups is 1. The summed E-state index contributed by atoms with van der Waals surface area (Å²) in [6.45, 7) is 0. The number of rotatable bonds is 2. The summed E-state index contributed by atoms with van der Waals surface area (Å²) in [6, 6.07) is 5.57. The minimum absolute atomic E-state index is 0.0524. The van der Waals surface area contributed by atoms with Gasteiger partial charge in [0.05, 0.1) is 16.6 Å². The summed E-state index contributed by atoms with van der Waals surface area (Å²) in [6.07, 6.45) is 0. The van der Waals surface area contributed by atoms with Crippen LogP contribution < -0.4 is 0 Å². The zero-order valence-corrected chi connectivity index (χ0v) is 8.30. The normalized spacial score (nSPS) is 11.1. The Morgan fingerprint density at radius 3 is 2.57 bits per heavy atom. The lowest BCUT2D eigenvalue weighted by molar-refractivity contribution is -0.0328. The minimum atomic E-state index is -4.30. The van der Waals surface area contributed by atoms with Crippen LogP contribution in [0.15, 0.2) is 29.2 Å². The van der Waals surface area contributed by atoms with Crippen molar-refractivity contribution in [3.05, 3.63) is 29.8 Å². The molecule has 0 bridgehead atoms. The molecule has 6 heteroatoms. The van der Waals surface area contributed by atoms with Crippen LogP contribution in [-0.4, -0.2) is 15.1 Å². The molecule has 14 heavy (non-hydrogen) atoms. The van der Waals surface area contributed by atoms with E-state index in [4.69, 9.17) is 0 Å². The molecule has 0 fully saturated rings. The third-order valence-electron chi connectivity index (χ3n) is 1.23. The van der Waals surface area contributed by atoms with Gasteiger partial charge in [0.15, 0.2) is 0 Å². The lowest BCUT2D eigenvalue weighted by Crippen LogP contribution is -1.99. The molecule has 0 aliphatic rings. The molecule has 0 atom stereocenters. The first-order valence-corrected chi connectivity index (χ1v) is 4.98. The largest absolute Gasteiger partial charge is 0.446 e. The van der Waals surface area contributed by atoms with Gasteiger partial charge in [-0.05, 0) is 29.5 Å².